The predicted molar refractivity (Wildman–Crippen MR) is 45.6 cm³/mol. The van der Waals surface area contributed by atoms with Crippen molar-refractivity contribution >= 4 is 0 Å². The number of unbranched alkanes of at least 4 members (excludes halogenated alkanes) is 3. The van der Waals surface area contributed by atoms with E-state index in [4.69, 9.17) is 12.3 Å². The lowest BCUT2D eigenvalue weighted by Crippen LogP contribution is -2.15. The maximum atomic E-state index is 5.57. The molecule has 59 valence electrons. The van der Waals surface area contributed by atoms with E-state index in [0.29, 0.717) is 0 Å². The van der Waals surface area contributed by atoms with E-state index in [9.17, 15) is 0 Å². The summed E-state index contributed by atoms with van der Waals surface area (Å²) in [6.07, 6.45) is 7.71. The molecule has 0 aromatic heterocycles. The van der Waals surface area contributed by atoms with Crippen LogP contribution in [0, 0.1) is 6.58 Å². The van der Waals surface area contributed by atoms with E-state index in [2.05, 4.69) is 6.92 Å². The van der Waals surface area contributed by atoms with Crippen molar-refractivity contribution in [1.82, 2.24) is 0 Å². The number of rotatable bonds is 6. The summed E-state index contributed by atoms with van der Waals surface area (Å²) in [6.45, 7) is 7.44. The van der Waals surface area contributed by atoms with Crippen molar-refractivity contribution in [3.63, 3.8) is 0 Å². The second kappa shape index (κ2) is 6.81. The number of hydrogen-bond acceptors (Lipinski definition) is 1. The Balaban J connectivity index is 2.95. The summed E-state index contributed by atoms with van der Waals surface area (Å²) in [5.41, 5.74) is 5.57. The standard InChI is InChI=1S/C9H18N/c1-3-5-6-7-8-9(10)4-2/h2,4,9H,3,5-8,10H2,1H3. The van der Waals surface area contributed by atoms with Crippen molar-refractivity contribution in [3.8, 4) is 0 Å². The summed E-state index contributed by atoms with van der Waals surface area (Å²) in [5.74, 6) is 0. The molecule has 0 saturated carbocycles. The van der Waals surface area contributed by atoms with Crippen LogP contribution in [0.4, 0.5) is 0 Å². The van der Waals surface area contributed by atoms with E-state index in [1.54, 1.807) is 6.08 Å². The highest BCUT2D eigenvalue weighted by molar-refractivity contribution is 4.78. The summed E-state index contributed by atoms with van der Waals surface area (Å²) < 4.78 is 0. The smallest absolute Gasteiger partial charge is 0.0226 e. The van der Waals surface area contributed by atoms with Gasteiger partial charge in [-0.15, -0.1) is 0 Å². The first-order chi connectivity index (χ1) is 4.81. The Morgan fingerprint density at radius 3 is 2.60 bits per heavy atom. The quantitative estimate of drug-likeness (QED) is 0.563. The third kappa shape index (κ3) is 5.83. The molecule has 0 rings (SSSR count). The Kier molecular flexibility index (Phi) is 6.61. The van der Waals surface area contributed by atoms with Crippen LogP contribution < -0.4 is 5.73 Å². The van der Waals surface area contributed by atoms with Gasteiger partial charge in [0.05, 0.1) is 0 Å². The maximum Gasteiger partial charge on any atom is 0.0226 e. The minimum atomic E-state index is 0.108. The second-order valence-corrected chi connectivity index (χ2v) is 2.71. The molecule has 0 aromatic rings. The summed E-state index contributed by atoms with van der Waals surface area (Å²) in [4.78, 5) is 0. The molecule has 0 aliphatic carbocycles. The van der Waals surface area contributed by atoms with Crippen LogP contribution in [0.1, 0.15) is 39.0 Å². The number of nitrogens with two attached hydrogens (primary N) is 1. The molecule has 0 aliphatic heterocycles. The molecule has 0 bridgehead atoms. The van der Waals surface area contributed by atoms with Gasteiger partial charge < -0.3 is 5.73 Å². The molecule has 1 unspecified atom stereocenters. The SMILES string of the molecule is [CH]=CC(N)CCCCCC. The Morgan fingerprint density at radius 2 is 2.10 bits per heavy atom. The van der Waals surface area contributed by atoms with E-state index in [1.807, 2.05) is 0 Å². The van der Waals surface area contributed by atoms with E-state index in [0.717, 1.165) is 6.42 Å². The first kappa shape index (κ1) is 9.70. The topological polar surface area (TPSA) is 26.0 Å². The van der Waals surface area contributed by atoms with Crippen LogP contribution >= 0.6 is 0 Å². The highest BCUT2D eigenvalue weighted by Gasteiger charge is 1.94. The van der Waals surface area contributed by atoms with E-state index in [-0.39, 0.29) is 6.04 Å². The second-order valence-electron chi connectivity index (χ2n) is 2.71. The van der Waals surface area contributed by atoms with E-state index < -0.39 is 0 Å². The maximum absolute atomic E-state index is 5.57. The fraction of sp³-hybridized carbons (Fsp3) is 0.778. The molecule has 1 heteroatoms. The molecule has 2 N–H and O–H groups in total. The van der Waals surface area contributed by atoms with Crippen molar-refractivity contribution in [3.05, 3.63) is 12.7 Å². The third-order valence-electron chi connectivity index (χ3n) is 1.64. The van der Waals surface area contributed by atoms with Crippen molar-refractivity contribution in [2.45, 2.75) is 45.1 Å². The van der Waals surface area contributed by atoms with Crippen LogP contribution in [0.2, 0.25) is 0 Å². The Labute approximate surface area is 64.3 Å². The van der Waals surface area contributed by atoms with Crippen molar-refractivity contribution in [1.29, 1.82) is 0 Å². The van der Waals surface area contributed by atoms with Crippen molar-refractivity contribution in [2.24, 2.45) is 5.73 Å². The Morgan fingerprint density at radius 1 is 1.40 bits per heavy atom. The minimum Gasteiger partial charge on any atom is -0.324 e. The minimum absolute atomic E-state index is 0.108. The molecule has 1 radical (unpaired) electrons. The lowest BCUT2D eigenvalue weighted by Gasteiger charge is -2.03. The summed E-state index contributed by atoms with van der Waals surface area (Å²) >= 11 is 0. The zero-order valence-corrected chi connectivity index (χ0v) is 6.84. The van der Waals surface area contributed by atoms with Crippen LogP contribution in [-0.2, 0) is 0 Å². The summed E-state index contributed by atoms with van der Waals surface area (Å²) in [6, 6.07) is 0.108. The monoisotopic (exact) mass is 140 g/mol. The van der Waals surface area contributed by atoms with Gasteiger partial charge in [0.25, 0.3) is 0 Å². The predicted octanol–water partition coefficient (Wildman–Crippen LogP) is 2.27. The third-order valence-corrected chi connectivity index (χ3v) is 1.64. The van der Waals surface area contributed by atoms with E-state index >= 15 is 0 Å². The van der Waals surface area contributed by atoms with Gasteiger partial charge >= 0.3 is 0 Å². The average molecular weight is 140 g/mol. The molecule has 1 atom stereocenters. The molecule has 0 heterocycles. The van der Waals surface area contributed by atoms with Crippen LogP contribution in [0.25, 0.3) is 0 Å². The van der Waals surface area contributed by atoms with Crippen LogP contribution in [0.5, 0.6) is 0 Å². The van der Waals surface area contributed by atoms with Gasteiger partial charge in [-0.3, -0.25) is 0 Å². The first-order valence-corrected chi connectivity index (χ1v) is 4.12. The van der Waals surface area contributed by atoms with Gasteiger partial charge in [0.15, 0.2) is 0 Å². The zero-order chi connectivity index (χ0) is 7.82. The van der Waals surface area contributed by atoms with Crippen molar-refractivity contribution in [2.75, 3.05) is 0 Å². The number of hydrogen-bond donors (Lipinski definition) is 1. The fourth-order valence-corrected chi connectivity index (χ4v) is 0.903. The molecule has 0 spiro atoms. The van der Waals surface area contributed by atoms with Crippen LogP contribution in [0.15, 0.2) is 6.08 Å². The highest BCUT2D eigenvalue weighted by atomic mass is 14.6. The van der Waals surface area contributed by atoms with Crippen LogP contribution in [-0.4, -0.2) is 6.04 Å². The molecule has 0 saturated heterocycles. The normalized spacial score (nSPS) is 13.0. The molecule has 0 amide bonds. The lowest BCUT2D eigenvalue weighted by molar-refractivity contribution is 0.600. The average Bonchev–Trinajstić information content (AvgIpc) is 1.98. The van der Waals surface area contributed by atoms with Gasteiger partial charge in [0, 0.05) is 6.04 Å². The Bertz CT molecular complexity index is 78.8. The summed E-state index contributed by atoms with van der Waals surface area (Å²) in [5, 5.41) is 0. The van der Waals surface area contributed by atoms with Gasteiger partial charge in [-0.1, -0.05) is 45.3 Å². The molecule has 10 heavy (non-hydrogen) atoms. The molecular weight excluding hydrogens is 122 g/mol. The zero-order valence-electron chi connectivity index (χ0n) is 6.84. The summed E-state index contributed by atoms with van der Waals surface area (Å²) in [7, 11) is 0. The van der Waals surface area contributed by atoms with Crippen molar-refractivity contribution < 1.29 is 0 Å². The van der Waals surface area contributed by atoms with E-state index in [1.165, 1.54) is 25.7 Å². The van der Waals surface area contributed by atoms with Gasteiger partial charge in [0.1, 0.15) is 0 Å². The first-order valence-electron chi connectivity index (χ1n) is 4.12. The molecule has 0 aromatic carbocycles. The Hall–Kier alpha value is -0.300. The molecule has 0 fully saturated rings. The largest absolute Gasteiger partial charge is 0.324 e. The van der Waals surface area contributed by atoms with Gasteiger partial charge in [-0.2, -0.15) is 0 Å². The molecule has 0 aliphatic rings. The molecule has 1 nitrogen and oxygen atoms in total. The van der Waals surface area contributed by atoms with Gasteiger partial charge in [-0.25, -0.2) is 0 Å². The fourth-order valence-electron chi connectivity index (χ4n) is 0.903. The molecular formula is C9H18N. The lowest BCUT2D eigenvalue weighted by atomic mass is 10.1. The van der Waals surface area contributed by atoms with Crippen LogP contribution in [0.3, 0.4) is 0 Å². The van der Waals surface area contributed by atoms with Gasteiger partial charge in [0.2, 0.25) is 0 Å². The van der Waals surface area contributed by atoms with Gasteiger partial charge in [-0.05, 0) is 6.42 Å². The highest BCUT2D eigenvalue weighted by Crippen LogP contribution is 2.04.